The topological polar surface area (TPSA) is 43.5 Å². The maximum Gasteiger partial charge on any atom is 0.173 e. The van der Waals surface area contributed by atoms with Gasteiger partial charge in [0.15, 0.2) is 6.21 Å². The first-order chi connectivity index (χ1) is 5.59. The molecule has 1 rings (SSSR count). The van der Waals surface area contributed by atoms with Gasteiger partial charge in [-0.15, -0.1) is 0 Å². The quantitative estimate of drug-likeness (QED) is 0.400. The number of aromatic hydroxyl groups is 2. The average molecular weight is 202 g/mol. The van der Waals surface area contributed by atoms with Crippen LogP contribution in [0.1, 0.15) is 5.56 Å². The lowest BCUT2D eigenvalue weighted by molar-refractivity contribution is -0.458. The van der Waals surface area contributed by atoms with Crippen molar-refractivity contribution >= 4 is 6.21 Å². The second kappa shape index (κ2) is 4.72. The zero-order valence-electron chi connectivity index (χ0n) is 7.53. The third kappa shape index (κ3) is 3.34. The Balaban J connectivity index is 0.00000144. The number of phenolic OH excluding ortho intramolecular Hbond substituents is 2. The lowest BCUT2D eigenvalue weighted by atomic mass is 10.2. The van der Waals surface area contributed by atoms with Crippen LogP contribution in [0.5, 0.6) is 11.5 Å². The van der Waals surface area contributed by atoms with Gasteiger partial charge in [0.1, 0.15) is 25.6 Å². The van der Waals surface area contributed by atoms with Crippen molar-refractivity contribution < 1.29 is 27.2 Å². The highest BCUT2D eigenvalue weighted by Gasteiger charge is 2.01. The van der Waals surface area contributed by atoms with E-state index in [4.69, 9.17) is 5.11 Å². The molecule has 0 saturated heterocycles. The predicted octanol–water partition coefficient (Wildman–Crippen LogP) is -2.21. The van der Waals surface area contributed by atoms with Crippen molar-refractivity contribution in [1.82, 2.24) is 0 Å². The average Bonchev–Trinajstić information content (AvgIpc) is 1.94. The van der Waals surface area contributed by atoms with Crippen LogP contribution in [-0.4, -0.2) is 35.1 Å². The molecule has 0 radical (unpaired) electrons. The molecule has 0 amide bonds. The Labute approximate surface area is 83.4 Å². The number of rotatable bonds is 1. The Morgan fingerprint density at radius 2 is 1.85 bits per heavy atom. The summed E-state index contributed by atoms with van der Waals surface area (Å²) in [7, 11) is 3.73. The van der Waals surface area contributed by atoms with Crippen LogP contribution in [-0.2, 0) is 0 Å². The summed E-state index contributed by atoms with van der Waals surface area (Å²) in [5.41, 5.74) is 0.692. The normalized spacial score (nSPS) is 8.77. The van der Waals surface area contributed by atoms with Gasteiger partial charge < -0.3 is 22.6 Å². The molecule has 0 spiro atoms. The van der Waals surface area contributed by atoms with Crippen molar-refractivity contribution in [2.24, 2.45) is 0 Å². The maximum atomic E-state index is 9.32. The predicted molar refractivity (Wildman–Crippen MR) is 47.0 cm³/mol. The summed E-state index contributed by atoms with van der Waals surface area (Å²) in [6.07, 6.45) is 1.77. The van der Waals surface area contributed by atoms with Gasteiger partial charge in [0.2, 0.25) is 0 Å². The van der Waals surface area contributed by atoms with Crippen molar-refractivity contribution in [2.75, 3.05) is 14.1 Å². The number of hydrogen-bond donors (Lipinski definition) is 2. The number of benzene rings is 1. The summed E-state index contributed by atoms with van der Waals surface area (Å²) >= 11 is 0. The highest BCUT2D eigenvalue weighted by molar-refractivity contribution is 5.80. The molecule has 0 aliphatic heterocycles. The van der Waals surface area contributed by atoms with Crippen molar-refractivity contribution in [3.63, 3.8) is 0 Å². The Hall–Kier alpha value is -1.22. The van der Waals surface area contributed by atoms with E-state index < -0.39 is 0 Å². The van der Waals surface area contributed by atoms with E-state index in [0.717, 1.165) is 0 Å². The number of halogens is 1. The summed E-state index contributed by atoms with van der Waals surface area (Å²) in [4.78, 5) is 0. The van der Waals surface area contributed by atoms with Crippen LogP contribution in [0.2, 0.25) is 0 Å². The van der Waals surface area contributed by atoms with E-state index in [1.807, 2.05) is 18.7 Å². The van der Waals surface area contributed by atoms with Crippen LogP contribution in [0, 0.1) is 0 Å². The summed E-state index contributed by atoms with van der Waals surface area (Å²) in [6.45, 7) is 0. The maximum absolute atomic E-state index is 9.32. The van der Waals surface area contributed by atoms with Crippen LogP contribution in [0.15, 0.2) is 18.2 Å². The second-order valence-electron chi connectivity index (χ2n) is 2.84. The zero-order chi connectivity index (χ0) is 9.14. The fourth-order valence-electron chi connectivity index (χ4n) is 0.919. The highest BCUT2D eigenvalue weighted by atomic mass is 35.5. The zero-order valence-corrected chi connectivity index (χ0v) is 8.28. The number of hydrogen-bond acceptors (Lipinski definition) is 2. The van der Waals surface area contributed by atoms with Gasteiger partial charge in [-0.2, -0.15) is 0 Å². The molecule has 0 fully saturated rings. The molecule has 0 bridgehead atoms. The molecule has 0 aliphatic rings. The fraction of sp³-hybridized carbons (Fsp3) is 0.222. The van der Waals surface area contributed by atoms with Gasteiger partial charge in [0, 0.05) is 6.07 Å². The minimum absolute atomic E-state index is 0. The molecule has 0 unspecified atom stereocenters. The van der Waals surface area contributed by atoms with Crippen LogP contribution in [0.4, 0.5) is 0 Å². The molecule has 1 aromatic rings. The van der Waals surface area contributed by atoms with E-state index in [1.165, 1.54) is 12.1 Å². The first kappa shape index (κ1) is 11.8. The van der Waals surface area contributed by atoms with Crippen molar-refractivity contribution in [3.05, 3.63) is 23.8 Å². The minimum atomic E-state index is 0. The summed E-state index contributed by atoms with van der Waals surface area (Å²) in [5.74, 6) is 0.159. The summed E-state index contributed by atoms with van der Waals surface area (Å²) in [5, 5.41) is 18.3. The molecule has 0 saturated carbocycles. The molecular formula is C9H12ClNO2. The third-order valence-corrected chi connectivity index (χ3v) is 1.41. The first-order valence-corrected chi connectivity index (χ1v) is 3.63. The van der Waals surface area contributed by atoms with Crippen LogP contribution >= 0.6 is 0 Å². The molecule has 3 nitrogen and oxygen atoms in total. The van der Waals surface area contributed by atoms with Crippen molar-refractivity contribution in [3.8, 4) is 11.5 Å². The third-order valence-electron chi connectivity index (χ3n) is 1.41. The molecule has 0 aromatic heterocycles. The van der Waals surface area contributed by atoms with Crippen molar-refractivity contribution in [1.29, 1.82) is 0 Å². The van der Waals surface area contributed by atoms with E-state index in [1.54, 1.807) is 12.3 Å². The molecule has 0 heterocycles. The molecule has 4 heteroatoms. The largest absolute Gasteiger partial charge is 1.00 e. The Kier molecular flexibility index (Phi) is 4.28. The highest BCUT2D eigenvalue weighted by Crippen LogP contribution is 2.20. The first-order valence-electron chi connectivity index (χ1n) is 3.63. The van der Waals surface area contributed by atoms with Crippen LogP contribution in [0.3, 0.4) is 0 Å². The number of phenols is 2. The standard InChI is InChI=1S/C9H11NO2.ClH/c1-10(2)6-7-3-4-8(11)5-9(7)12;/h3-6H,1-2H3,(H,11,12);1H. The van der Waals surface area contributed by atoms with Gasteiger partial charge in [-0.1, -0.05) is 0 Å². The van der Waals surface area contributed by atoms with Gasteiger partial charge >= 0.3 is 0 Å². The monoisotopic (exact) mass is 201 g/mol. The fourth-order valence-corrected chi connectivity index (χ4v) is 0.919. The van der Waals surface area contributed by atoms with Crippen molar-refractivity contribution in [2.45, 2.75) is 0 Å². The number of nitrogens with zero attached hydrogens (tertiary/aromatic N) is 1. The Bertz CT molecular complexity index is 319. The molecule has 1 aromatic carbocycles. The molecule has 72 valence electrons. The van der Waals surface area contributed by atoms with Gasteiger partial charge in [-0.25, -0.2) is 4.58 Å². The lowest BCUT2D eigenvalue weighted by Crippen LogP contribution is -3.00. The SMILES string of the molecule is C[N+](C)=Cc1ccc(O)cc1O.[Cl-]. The molecule has 2 N–H and O–H groups in total. The summed E-state index contributed by atoms with van der Waals surface area (Å²) < 4.78 is 1.83. The van der Waals surface area contributed by atoms with Gasteiger partial charge in [-0.05, 0) is 12.1 Å². The van der Waals surface area contributed by atoms with E-state index in [9.17, 15) is 5.11 Å². The molecule has 13 heavy (non-hydrogen) atoms. The lowest BCUT2D eigenvalue weighted by Gasteiger charge is -1.97. The van der Waals surface area contributed by atoms with E-state index in [2.05, 4.69) is 0 Å². The Morgan fingerprint density at radius 3 is 2.31 bits per heavy atom. The van der Waals surface area contributed by atoms with Gasteiger partial charge in [0.25, 0.3) is 0 Å². The van der Waals surface area contributed by atoms with Crippen LogP contribution in [0.25, 0.3) is 0 Å². The second-order valence-corrected chi connectivity index (χ2v) is 2.84. The van der Waals surface area contributed by atoms with Crippen LogP contribution < -0.4 is 12.4 Å². The van der Waals surface area contributed by atoms with Gasteiger partial charge in [-0.3, -0.25) is 0 Å². The molecule has 0 atom stereocenters. The molecule has 0 aliphatic carbocycles. The van der Waals surface area contributed by atoms with E-state index in [-0.39, 0.29) is 23.9 Å². The molecular weight excluding hydrogens is 190 g/mol. The summed E-state index contributed by atoms with van der Waals surface area (Å²) in [6, 6.07) is 4.51. The van der Waals surface area contributed by atoms with E-state index >= 15 is 0 Å². The minimum Gasteiger partial charge on any atom is -1.00 e. The van der Waals surface area contributed by atoms with Gasteiger partial charge in [0.05, 0.1) is 5.56 Å². The Morgan fingerprint density at radius 1 is 1.23 bits per heavy atom. The van der Waals surface area contributed by atoms with E-state index in [0.29, 0.717) is 5.56 Å². The smallest absolute Gasteiger partial charge is 0.173 e.